The molecule has 0 saturated carbocycles. The number of nitrogens with two attached hydrogens (primary N) is 1. The molecule has 0 radical (unpaired) electrons. The number of nitrogens with zero attached hydrogens (tertiary/aromatic N) is 1. The van der Waals surface area contributed by atoms with Gasteiger partial charge in [-0.15, -0.1) is 0 Å². The Hall–Kier alpha value is -1.40. The third-order valence-corrected chi connectivity index (χ3v) is 3.64. The number of benzene rings is 1. The Bertz CT molecular complexity index is 586. The van der Waals surface area contributed by atoms with Crippen molar-refractivity contribution in [3.8, 4) is 0 Å². The van der Waals surface area contributed by atoms with Gasteiger partial charge in [-0.1, -0.05) is 11.8 Å². The molecular formula is C12H9BrFN3S. The molecule has 0 atom stereocenters. The summed E-state index contributed by atoms with van der Waals surface area (Å²) in [5.74, 6) is -0.567. The molecule has 0 fully saturated rings. The Morgan fingerprint density at radius 3 is 2.72 bits per heavy atom. The molecule has 0 aliphatic rings. The average Bonchev–Trinajstić information content (AvgIpc) is 2.34. The molecule has 2 aromatic rings. The molecule has 0 amide bonds. The van der Waals surface area contributed by atoms with Crippen molar-refractivity contribution in [1.29, 1.82) is 5.41 Å². The highest BCUT2D eigenvalue weighted by Crippen LogP contribution is 2.29. The van der Waals surface area contributed by atoms with Gasteiger partial charge in [-0.25, -0.2) is 9.37 Å². The summed E-state index contributed by atoms with van der Waals surface area (Å²) in [5.41, 5.74) is 5.82. The number of pyridine rings is 1. The van der Waals surface area contributed by atoms with Crippen molar-refractivity contribution in [2.24, 2.45) is 5.73 Å². The lowest BCUT2D eigenvalue weighted by Gasteiger charge is -2.07. The fourth-order valence-corrected chi connectivity index (χ4v) is 2.45. The normalized spacial score (nSPS) is 10.3. The van der Waals surface area contributed by atoms with Crippen LogP contribution in [-0.4, -0.2) is 10.8 Å². The molecule has 3 nitrogen and oxygen atoms in total. The summed E-state index contributed by atoms with van der Waals surface area (Å²) < 4.78 is 14.0. The van der Waals surface area contributed by atoms with Crippen LogP contribution >= 0.6 is 27.7 Å². The van der Waals surface area contributed by atoms with E-state index in [-0.39, 0.29) is 5.84 Å². The summed E-state index contributed by atoms with van der Waals surface area (Å²) in [7, 11) is 0. The maximum absolute atomic E-state index is 13.1. The van der Waals surface area contributed by atoms with Gasteiger partial charge >= 0.3 is 0 Å². The van der Waals surface area contributed by atoms with E-state index in [0.29, 0.717) is 10.5 Å². The van der Waals surface area contributed by atoms with E-state index in [0.717, 1.165) is 9.50 Å². The number of halogens is 2. The second kappa shape index (κ2) is 5.49. The van der Waals surface area contributed by atoms with Gasteiger partial charge in [0.05, 0.1) is 0 Å². The number of aromatic nitrogens is 1. The standard InChI is InChI=1S/C12H9BrFN3S/c13-7-1-4-11(17-6-7)18-10-3-2-8(14)5-9(10)12(15)16/h1-6H,(H3,15,16). The van der Waals surface area contributed by atoms with Gasteiger partial charge in [0.15, 0.2) is 0 Å². The minimum atomic E-state index is -0.409. The summed E-state index contributed by atoms with van der Waals surface area (Å²) in [6.45, 7) is 0. The zero-order chi connectivity index (χ0) is 13.1. The summed E-state index contributed by atoms with van der Waals surface area (Å²) in [4.78, 5) is 4.91. The van der Waals surface area contributed by atoms with Gasteiger partial charge in [0, 0.05) is 21.1 Å². The molecule has 18 heavy (non-hydrogen) atoms. The first-order valence-electron chi connectivity index (χ1n) is 4.99. The van der Waals surface area contributed by atoms with Crippen LogP contribution in [0.3, 0.4) is 0 Å². The topological polar surface area (TPSA) is 62.8 Å². The maximum Gasteiger partial charge on any atom is 0.124 e. The van der Waals surface area contributed by atoms with Crippen LogP contribution in [0.1, 0.15) is 5.56 Å². The minimum Gasteiger partial charge on any atom is -0.384 e. The van der Waals surface area contributed by atoms with Crippen LogP contribution in [-0.2, 0) is 0 Å². The van der Waals surface area contributed by atoms with Gasteiger partial charge in [-0.2, -0.15) is 0 Å². The van der Waals surface area contributed by atoms with Crippen molar-refractivity contribution in [2.45, 2.75) is 9.92 Å². The van der Waals surface area contributed by atoms with Gasteiger partial charge in [0.25, 0.3) is 0 Å². The van der Waals surface area contributed by atoms with E-state index < -0.39 is 5.82 Å². The highest BCUT2D eigenvalue weighted by atomic mass is 79.9. The molecule has 0 aliphatic carbocycles. The molecule has 0 aliphatic heterocycles. The summed E-state index contributed by atoms with van der Waals surface area (Å²) in [5, 5.41) is 8.20. The zero-order valence-corrected chi connectivity index (χ0v) is 11.6. The predicted octanol–water partition coefficient (Wildman–Crippen LogP) is 3.42. The van der Waals surface area contributed by atoms with Crippen molar-refractivity contribution in [3.63, 3.8) is 0 Å². The van der Waals surface area contributed by atoms with Crippen LogP contribution in [0, 0.1) is 11.2 Å². The molecule has 0 saturated heterocycles. The predicted molar refractivity (Wildman–Crippen MR) is 73.5 cm³/mol. The summed E-state index contributed by atoms with van der Waals surface area (Å²) in [6.07, 6.45) is 1.68. The number of amidine groups is 1. The van der Waals surface area contributed by atoms with Crippen molar-refractivity contribution in [3.05, 3.63) is 52.4 Å². The molecule has 0 spiro atoms. The molecule has 3 N–H and O–H groups in total. The largest absolute Gasteiger partial charge is 0.384 e. The second-order valence-electron chi connectivity index (χ2n) is 3.47. The van der Waals surface area contributed by atoms with Crippen LogP contribution < -0.4 is 5.73 Å². The van der Waals surface area contributed by atoms with E-state index in [1.54, 1.807) is 12.3 Å². The first-order chi connectivity index (χ1) is 8.56. The summed E-state index contributed by atoms with van der Waals surface area (Å²) >= 11 is 4.64. The SMILES string of the molecule is N=C(N)c1cc(F)ccc1Sc1ccc(Br)cn1. The van der Waals surface area contributed by atoms with E-state index in [1.165, 1.54) is 23.9 Å². The molecule has 0 unspecified atom stereocenters. The van der Waals surface area contributed by atoms with E-state index in [4.69, 9.17) is 11.1 Å². The zero-order valence-electron chi connectivity index (χ0n) is 9.15. The lowest BCUT2D eigenvalue weighted by Crippen LogP contribution is -2.12. The van der Waals surface area contributed by atoms with Gasteiger partial charge in [-0.05, 0) is 46.3 Å². The minimum absolute atomic E-state index is 0.158. The Morgan fingerprint density at radius 2 is 2.11 bits per heavy atom. The molecule has 1 aromatic carbocycles. The molecule has 2 rings (SSSR count). The molecule has 6 heteroatoms. The Balaban J connectivity index is 2.34. The average molecular weight is 326 g/mol. The Kier molecular flexibility index (Phi) is 3.98. The van der Waals surface area contributed by atoms with Crippen LogP contribution in [0.5, 0.6) is 0 Å². The number of rotatable bonds is 3. The lowest BCUT2D eigenvalue weighted by atomic mass is 10.2. The van der Waals surface area contributed by atoms with E-state index in [9.17, 15) is 4.39 Å². The fourth-order valence-electron chi connectivity index (χ4n) is 1.34. The third kappa shape index (κ3) is 3.08. The first-order valence-corrected chi connectivity index (χ1v) is 6.60. The van der Waals surface area contributed by atoms with E-state index in [1.807, 2.05) is 12.1 Å². The number of nitrogens with one attached hydrogen (secondary N) is 1. The van der Waals surface area contributed by atoms with Crippen molar-refractivity contribution in [2.75, 3.05) is 0 Å². The van der Waals surface area contributed by atoms with E-state index in [2.05, 4.69) is 20.9 Å². The summed E-state index contributed by atoms with van der Waals surface area (Å²) in [6, 6.07) is 7.89. The molecule has 92 valence electrons. The molecule has 1 aromatic heterocycles. The smallest absolute Gasteiger partial charge is 0.124 e. The van der Waals surface area contributed by atoms with Crippen LogP contribution in [0.2, 0.25) is 0 Å². The molecule has 0 bridgehead atoms. The molecule has 1 heterocycles. The van der Waals surface area contributed by atoms with Crippen molar-refractivity contribution >= 4 is 33.5 Å². The fraction of sp³-hybridized carbons (Fsp3) is 0. The van der Waals surface area contributed by atoms with Crippen LogP contribution in [0.25, 0.3) is 0 Å². The number of hydrogen-bond donors (Lipinski definition) is 2. The van der Waals surface area contributed by atoms with Crippen LogP contribution in [0.15, 0.2) is 50.9 Å². The Labute approximate surface area is 116 Å². The Morgan fingerprint density at radius 1 is 1.33 bits per heavy atom. The van der Waals surface area contributed by atoms with Crippen LogP contribution in [0.4, 0.5) is 4.39 Å². The van der Waals surface area contributed by atoms with E-state index >= 15 is 0 Å². The van der Waals surface area contributed by atoms with Gasteiger partial charge in [-0.3, -0.25) is 5.41 Å². The van der Waals surface area contributed by atoms with Gasteiger partial charge < -0.3 is 5.73 Å². The quantitative estimate of drug-likeness (QED) is 0.671. The molecular weight excluding hydrogens is 317 g/mol. The van der Waals surface area contributed by atoms with Crippen molar-refractivity contribution in [1.82, 2.24) is 4.98 Å². The highest BCUT2D eigenvalue weighted by molar-refractivity contribution is 9.10. The third-order valence-electron chi connectivity index (χ3n) is 2.15. The highest BCUT2D eigenvalue weighted by Gasteiger charge is 2.09. The maximum atomic E-state index is 13.1. The first kappa shape index (κ1) is 13.0. The van der Waals surface area contributed by atoms with Crippen molar-refractivity contribution < 1.29 is 4.39 Å². The monoisotopic (exact) mass is 325 g/mol. The van der Waals surface area contributed by atoms with Gasteiger partial charge in [0.1, 0.15) is 16.7 Å². The lowest BCUT2D eigenvalue weighted by molar-refractivity contribution is 0.626. The number of hydrogen-bond acceptors (Lipinski definition) is 3. The number of nitrogen functional groups attached to an aromatic ring is 1. The van der Waals surface area contributed by atoms with Gasteiger partial charge in [0.2, 0.25) is 0 Å². The second-order valence-corrected chi connectivity index (χ2v) is 5.45.